The minimum atomic E-state index is 0. The van der Waals surface area contributed by atoms with E-state index in [0.717, 1.165) is 12.1 Å². The fourth-order valence-electron chi connectivity index (χ4n) is 1.85. The van der Waals surface area contributed by atoms with E-state index >= 15 is 0 Å². The van der Waals surface area contributed by atoms with Crippen molar-refractivity contribution in [1.82, 2.24) is 4.98 Å². The molecule has 71 valence electrons. The van der Waals surface area contributed by atoms with Crippen LogP contribution in [-0.2, 0) is 26.5 Å². The molecule has 0 spiro atoms. The summed E-state index contributed by atoms with van der Waals surface area (Å²) in [5.74, 6) is 0. The summed E-state index contributed by atoms with van der Waals surface area (Å²) in [6.07, 6.45) is 2.85. The van der Waals surface area contributed by atoms with Gasteiger partial charge in [-0.3, -0.25) is 0 Å². The van der Waals surface area contributed by atoms with Gasteiger partial charge in [-0.05, 0) is 18.2 Å². The van der Waals surface area contributed by atoms with Crippen molar-refractivity contribution in [3.63, 3.8) is 0 Å². The maximum absolute atomic E-state index is 4.37. The van der Waals surface area contributed by atoms with E-state index in [1.54, 1.807) is 0 Å². The number of fused-ring (bicyclic) bond motifs is 3. The van der Waals surface area contributed by atoms with Gasteiger partial charge in [-0.15, -0.1) is 35.4 Å². The number of hydrogen-bond donors (Lipinski definition) is 0. The summed E-state index contributed by atoms with van der Waals surface area (Å²) in [6, 6.07) is 13.5. The van der Waals surface area contributed by atoms with Crippen LogP contribution in [0.4, 0.5) is 0 Å². The van der Waals surface area contributed by atoms with Crippen LogP contribution in [0.25, 0.3) is 11.3 Å². The van der Waals surface area contributed by atoms with Gasteiger partial charge in [0.1, 0.15) is 0 Å². The van der Waals surface area contributed by atoms with E-state index in [2.05, 4.69) is 23.2 Å². The molecule has 1 heterocycles. The molecule has 1 aliphatic carbocycles. The average molecular weight is 358 g/mol. The first-order chi connectivity index (χ1) is 6.45. The second-order valence-corrected chi connectivity index (χ2v) is 3.26. The Balaban J connectivity index is 0.000000750. The van der Waals surface area contributed by atoms with Gasteiger partial charge in [0.15, 0.2) is 0 Å². The van der Waals surface area contributed by atoms with Gasteiger partial charge < -0.3 is 4.98 Å². The minimum absolute atomic E-state index is 0. The normalized spacial score (nSPS) is 11.4. The Morgan fingerprint density at radius 2 is 2.00 bits per heavy atom. The third-order valence-corrected chi connectivity index (χ3v) is 2.45. The van der Waals surface area contributed by atoms with Crippen LogP contribution < -0.4 is 0 Å². The first-order valence-electron chi connectivity index (χ1n) is 4.39. The average Bonchev–Trinajstić information content (AvgIpc) is 2.56. The topological polar surface area (TPSA) is 12.9 Å². The smallest absolute Gasteiger partial charge is 0.0160 e. The van der Waals surface area contributed by atoms with Crippen molar-refractivity contribution in [2.45, 2.75) is 6.42 Å². The molecule has 1 radical (unpaired) electrons. The molecule has 0 amide bonds. The maximum Gasteiger partial charge on any atom is 0.0160 e. The molecule has 3 rings (SSSR count). The number of benzene rings is 1. The molecule has 0 N–H and O–H groups in total. The third-order valence-electron chi connectivity index (χ3n) is 2.45. The molecule has 2 aromatic rings. The SMILES string of the molecule is [Ir].[c-]1cccc2c1-c1ncccc1C2. The van der Waals surface area contributed by atoms with Crippen LogP contribution in [-0.4, -0.2) is 4.98 Å². The molecule has 1 nitrogen and oxygen atoms in total. The second kappa shape index (κ2) is 3.64. The second-order valence-electron chi connectivity index (χ2n) is 3.26. The minimum Gasteiger partial charge on any atom is -0.304 e. The molecule has 0 bridgehead atoms. The summed E-state index contributed by atoms with van der Waals surface area (Å²) in [7, 11) is 0. The summed E-state index contributed by atoms with van der Waals surface area (Å²) in [5.41, 5.74) is 4.95. The van der Waals surface area contributed by atoms with Crippen molar-refractivity contribution < 1.29 is 20.1 Å². The Morgan fingerprint density at radius 1 is 1.14 bits per heavy atom. The van der Waals surface area contributed by atoms with E-state index in [4.69, 9.17) is 0 Å². The molecule has 14 heavy (non-hydrogen) atoms. The molecule has 2 heteroatoms. The Labute approximate surface area is 96.5 Å². The third kappa shape index (κ3) is 1.31. The zero-order valence-electron chi connectivity index (χ0n) is 7.45. The first kappa shape index (κ1) is 9.57. The fourth-order valence-corrected chi connectivity index (χ4v) is 1.85. The van der Waals surface area contributed by atoms with Gasteiger partial charge in [-0.2, -0.15) is 0 Å². The molecular weight excluding hydrogens is 350 g/mol. The van der Waals surface area contributed by atoms with E-state index in [-0.39, 0.29) is 20.1 Å². The number of pyridine rings is 1. The molecule has 0 unspecified atom stereocenters. The van der Waals surface area contributed by atoms with Crippen LogP contribution in [0.2, 0.25) is 0 Å². The van der Waals surface area contributed by atoms with Crippen molar-refractivity contribution in [2.75, 3.05) is 0 Å². The molecule has 0 saturated carbocycles. The van der Waals surface area contributed by atoms with Crippen LogP contribution in [0.3, 0.4) is 0 Å². The predicted molar refractivity (Wildman–Crippen MR) is 51.3 cm³/mol. The van der Waals surface area contributed by atoms with Gasteiger partial charge in [0.2, 0.25) is 0 Å². The number of aromatic nitrogens is 1. The fraction of sp³-hybridized carbons (Fsp3) is 0.0833. The predicted octanol–water partition coefficient (Wildman–Crippen LogP) is 2.45. The zero-order chi connectivity index (χ0) is 8.67. The van der Waals surface area contributed by atoms with E-state index in [1.165, 1.54) is 16.7 Å². The van der Waals surface area contributed by atoms with Gasteiger partial charge in [0.25, 0.3) is 0 Å². The van der Waals surface area contributed by atoms with Crippen LogP contribution in [0.1, 0.15) is 11.1 Å². The Hall–Kier alpha value is -0.981. The summed E-state index contributed by atoms with van der Waals surface area (Å²) in [4.78, 5) is 4.37. The molecule has 1 aliphatic rings. The number of hydrogen-bond acceptors (Lipinski definition) is 1. The maximum atomic E-state index is 4.37. The van der Waals surface area contributed by atoms with Gasteiger partial charge >= 0.3 is 0 Å². The van der Waals surface area contributed by atoms with Crippen LogP contribution in [0.15, 0.2) is 36.5 Å². The molecule has 0 aliphatic heterocycles. The van der Waals surface area contributed by atoms with Crippen LogP contribution in [0, 0.1) is 6.07 Å². The zero-order valence-corrected chi connectivity index (χ0v) is 9.85. The van der Waals surface area contributed by atoms with E-state index in [0.29, 0.717) is 0 Å². The van der Waals surface area contributed by atoms with Gasteiger partial charge in [0.05, 0.1) is 0 Å². The Bertz CT molecular complexity index is 422. The van der Waals surface area contributed by atoms with Crippen molar-refractivity contribution in [1.29, 1.82) is 0 Å². The van der Waals surface area contributed by atoms with E-state index < -0.39 is 0 Å². The standard InChI is InChI=1S/C12H8N.Ir/c1-2-6-11-9(4-1)8-10-5-3-7-13-12(10)11;/h1-5,7H,8H2;/q-1;. The summed E-state index contributed by atoms with van der Waals surface area (Å²) in [5, 5.41) is 0. The quantitative estimate of drug-likeness (QED) is 0.563. The molecule has 0 fully saturated rings. The van der Waals surface area contributed by atoms with Crippen LogP contribution in [0.5, 0.6) is 0 Å². The van der Waals surface area contributed by atoms with E-state index in [9.17, 15) is 0 Å². The molecule has 1 aromatic carbocycles. The van der Waals surface area contributed by atoms with Crippen molar-refractivity contribution in [3.8, 4) is 11.3 Å². The van der Waals surface area contributed by atoms with Gasteiger partial charge in [-0.25, -0.2) is 0 Å². The van der Waals surface area contributed by atoms with E-state index in [1.807, 2.05) is 24.4 Å². The summed E-state index contributed by atoms with van der Waals surface area (Å²) in [6.45, 7) is 0. The monoisotopic (exact) mass is 359 g/mol. The molecule has 0 saturated heterocycles. The van der Waals surface area contributed by atoms with Crippen molar-refractivity contribution in [2.24, 2.45) is 0 Å². The summed E-state index contributed by atoms with van der Waals surface area (Å²) < 4.78 is 0. The van der Waals surface area contributed by atoms with Crippen LogP contribution >= 0.6 is 0 Å². The number of rotatable bonds is 0. The largest absolute Gasteiger partial charge is 0.304 e. The Kier molecular flexibility index (Phi) is 2.49. The van der Waals surface area contributed by atoms with Crippen molar-refractivity contribution in [3.05, 3.63) is 53.7 Å². The van der Waals surface area contributed by atoms with Gasteiger partial charge in [-0.1, -0.05) is 11.6 Å². The van der Waals surface area contributed by atoms with Crippen molar-refractivity contribution >= 4 is 0 Å². The Morgan fingerprint density at radius 3 is 2.93 bits per heavy atom. The van der Waals surface area contributed by atoms with Gasteiger partial charge in [0, 0.05) is 26.3 Å². The first-order valence-corrected chi connectivity index (χ1v) is 4.39. The molecule has 0 atom stereocenters. The molecular formula is C12H8IrN-. The summed E-state index contributed by atoms with van der Waals surface area (Å²) >= 11 is 0. The number of nitrogens with zero attached hydrogens (tertiary/aromatic N) is 1. The molecule has 1 aromatic heterocycles.